The van der Waals surface area contributed by atoms with Gasteiger partial charge in [-0.15, -0.1) is 0 Å². The monoisotopic (exact) mass is 388 g/mol. The van der Waals surface area contributed by atoms with Crippen molar-refractivity contribution in [3.8, 4) is 0 Å². The summed E-state index contributed by atoms with van der Waals surface area (Å²) in [5.74, 6) is 0.0135. The summed E-state index contributed by atoms with van der Waals surface area (Å²) < 4.78 is 1.06. The van der Waals surface area contributed by atoms with Crippen molar-refractivity contribution in [3.05, 3.63) is 63.1 Å². The van der Waals surface area contributed by atoms with Gasteiger partial charge in [0.2, 0.25) is 5.91 Å². The SMILES string of the molecule is Cc1cc(C)c(NC(=O)[C@H](C)N(C)Cc2ccccc2Br)c(C)c1. The molecule has 0 fully saturated rings. The van der Waals surface area contributed by atoms with Gasteiger partial charge in [0.05, 0.1) is 6.04 Å². The van der Waals surface area contributed by atoms with E-state index in [0.29, 0.717) is 6.54 Å². The Kier molecular flexibility index (Phi) is 6.19. The van der Waals surface area contributed by atoms with E-state index in [1.54, 1.807) is 0 Å². The fourth-order valence-electron chi connectivity index (χ4n) is 2.84. The highest BCUT2D eigenvalue weighted by atomic mass is 79.9. The first-order valence-electron chi connectivity index (χ1n) is 8.12. The Bertz CT molecular complexity index is 719. The number of hydrogen-bond acceptors (Lipinski definition) is 2. The molecule has 0 heterocycles. The first-order valence-corrected chi connectivity index (χ1v) is 8.91. The van der Waals surface area contributed by atoms with Crippen LogP contribution in [-0.2, 0) is 11.3 Å². The highest BCUT2D eigenvalue weighted by Crippen LogP contribution is 2.23. The summed E-state index contributed by atoms with van der Waals surface area (Å²) in [5.41, 5.74) is 5.50. The van der Waals surface area contributed by atoms with Crippen LogP contribution in [0.15, 0.2) is 40.9 Å². The molecule has 0 aliphatic carbocycles. The van der Waals surface area contributed by atoms with E-state index in [9.17, 15) is 4.79 Å². The zero-order valence-electron chi connectivity index (χ0n) is 15.0. The second-order valence-electron chi connectivity index (χ2n) is 6.45. The van der Waals surface area contributed by atoms with Crippen molar-refractivity contribution < 1.29 is 4.79 Å². The number of halogens is 1. The topological polar surface area (TPSA) is 32.3 Å². The highest BCUT2D eigenvalue weighted by Gasteiger charge is 2.20. The fourth-order valence-corrected chi connectivity index (χ4v) is 3.25. The Morgan fingerprint density at radius 3 is 2.33 bits per heavy atom. The summed E-state index contributed by atoms with van der Waals surface area (Å²) in [5, 5.41) is 3.09. The Morgan fingerprint density at radius 2 is 1.75 bits per heavy atom. The van der Waals surface area contributed by atoms with Crippen molar-refractivity contribution in [2.24, 2.45) is 0 Å². The van der Waals surface area contributed by atoms with E-state index in [-0.39, 0.29) is 11.9 Å². The van der Waals surface area contributed by atoms with Gasteiger partial charge >= 0.3 is 0 Å². The first-order chi connectivity index (χ1) is 11.3. The number of aryl methyl sites for hydroxylation is 3. The normalized spacial score (nSPS) is 12.3. The molecule has 0 bridgehead atoms. The van der Waals surface area contributed by atoms with Crippen LogP contribution in [0.4, 0.5) is 5.69 Å². The molecule has 128 valence electrons. The van der Waals surface area contributed by atoms with E-state index in [1.807, 2.05) is 50.9 Å². The minimum absolute atomic E-state index is 0.0135. The number of carbonyl (C=O) groups excluding carboxylic acids is 1. The molecule has 1 amide bonds. The lowest BCUT2D eigenvalue weighted by Crippen LogP contribution is -2.39. The fraction of sp³-hybridized carbons (Fsp3) is 0.350. The third kappa shape index (κ3) is 4.46. The van der Waals surface area contributed by atoms with Gasteiger partial charge in [-0.05, 0) is 57.5 Å². The molecule has 0 radical (unpaired) electrons. The summed E-state index contributed by atoms with van der Waals surface area (Å²) in [4.78, 5) is 14.7. The average molecular weight is 389 g/mol. The Labute approximate surface area is 153 Å². The molecule has 4 heteroatoms. The van der Waals surface area contributed by atoms with Crippen LogP contribution in [0.5, 0.6) is 0 Å². The summed E-state index contributed by atoms with van der Waals surface area (Å²) in [7, 11) is 1.97. The zero-order valence-corrected chi connectivity index (χ0v) is 16.6. The van der Waals surface area contributed by atoms with Crippen LogP contribution >= 0.6 is 15.9 Å². The Balaban J connectivity index is 2.08. The molecule has 0 aromatic heterocycles. The van der Waals surface area contributed by atoms with E-state index in [0.717, 1.165) is 21.3 Å². The van der Waals surface area contributed by atoms with Gasteiger partial charge < -0.3 is 5.32 Å². The van der Waals surface area contributed by atoms with Gasteiger partial charge in [-0.1, -0.05) is 51.8 Å². The van der Waals surface area contributed by atoms with Crippen molar-refractivity contribution in [2.75, 3.05) is 12.4 Å². The van der Waals surface area contributed by atoms with E-state index in [1.165, 1.54) is 11.1 Å². The number of rotatable bonds is 5. The molecule has 1 N–H and O–H groups in total. The largest absolute Gasteiger partial charge is 0.324 e. The van der Waals surface area contributed by atoms with Gasteiger partial charge in [-0.3, -0.25) is 9.69 Å². The van der Waals surface area contributed by atoms with Crippen LogP contribution in [0, 0.1) is 20.8 Å². The van der Waals surface area contributed by atoms with Crippen LogP contribution in [0.2, 0.25) is 0 Å². The third-order valence-electron chi connectivity index (χ3n) is 4.34. The molecule has 0 aliphatic rings. The van der Waals surface area contributed by atoms with Crippen molar-refractivity contribution in [1.29, 1.82) is 0 Å². The van der Waals surface area contributed by atoms with Gasteiger partial charge in [0.1, 0.15) is 0 Å². The van der Waals surface area contributed by atoms with E-state index in [2.05, 4.69) is 46.4 Å². The number of nitrogens with one attached hydrogen (secondary N) is 1. The molecule has 0 saturated carbocycles. The lowest BCUT2D eigenvalue weighted by atomic mass is 10.0. The van der Waals surface area contributed by atoms with Crippen LogP contribution in [0.3, 0.4) is 0 Å². The van der Waals surface area contributed by atoms with Crippen LogP contribution in [-0.4, -0.2) is 23.9 Å². The molecule has 2 rings (SSSR count). The second-order valence-corrected chi connectivity index (χ2v) is 7.30. The molecule has 2 aromatic rings. The van der Waals surface area contributed by atoms with Crippen molar-refractivity contribution in [3.63, 3.8) is 0 Å². The number of carbonyl (C=O) groups is 1. The molecular weight excluding hydrogens is 364 g/mol. The van der Waals surface area contributed by atoms with Gasteiger partial charge in [0.15, 0.2) is 0 Å². The molecule has 0 aliphatic heterocycles. The standard InChI is InChI=1S/C20H25BrN2O/c1-13-10-14(2)19(15(3)11-13)22-20(24)16(4)23(5)12-17-8-6-7-9-18(17)21/h6-11,16H,12H2,1-5H3,(H,22,24)/t16-/m0/s1. The second kappa shape index (κ2) is 7.95. The van der Waals surface area contributed by atoms with E-state index in [4.69, 9.17) is 0 Å². The van der Waals surface area contributed by atoms with E-state index < -0.39 is 0 Å². The Hall–Kier alpha value is -1.65. The number of likely N-dealkylation sites (N-methyl/N-ethyl adjacent to an activating group) is 1. The molecule has 24 heavy (non-hydrogen) atoms. The van der Waals surface area contributed by atoms with Crippen molar-refractivity contribution in [2.45, 2.75) is 40.3 Å². The van der Waals surface area contributed by atoms with E-state index >= 15 is 0 Å². The lowest BCUT2D eigenvalue weighted by Gasteiger charge is -2.25. The molecular formula is C20H25BrN2O. The zero-order chi connectivity index (χ0) is 17.9. The minimum Gasteiger partial charge on any atom is -0.324 e. The van der Waals surface area contributed by atoms with Crippen molar-refractivity contribution in [1.82, 2.24) is 4.90 Å². The van der Waals surface area contributed by atoms with Gasteiger partial charge in [0.25, 0.3) is 0 Å². The minimum atomic E-state index is -0.225. The number of nitrogens with zero attached hydrogens (tertiary/aromatic N) is 1. The quantitative estimate of drug-likeness (QED) is 0.794. The highest BCUT2D eigenvalue weighted by molar-refractivity contribution is 9.10. The molecule has 0 spiro atoms. The van der Waals surface area contributed by atoms with Gasteiger partial charge in [-0.2, -0.15) is 0 Å². The summed E-state index contributed by atoms with van der Waals surface area (Å²) in [6.07, 6.45) is 0. The maximum absolute atomic E-state index is 12.7. The van der Waals surface area contributed by atoms with Gasteiger partial charge in [-0.25, -0.2) is 0 Å². The smallest absolute Gasteiger partial charge is 0.241 e. The predicted octanol–water partition coefficient (Wildman–Crippen LogP) is 4.83. The molecule has 1 atom stereocenters. The maximum Gasteiger partial charge on any atom is 0.241 e. The number of hydrogen-bond donors (Lipinski definition) is 1. The maximum atomic E-state index is 12.7. The summed E-state index contributed by atoms with van der Waals surface area (Å²) >= 11 is 3.56. The number of amides is 1. The predicted molar refractivity (Wildman–Crippen MR) is 104 cm³/mol. The van der Waals surface area contributed by atoms with Crippen LogP contribution < -0.4 is 5.32 Å². The molecule has 3 nitrogen and oxygen atoms in total. The Morgan fingerprint density at radius 1 is 1.17 bits per heavy atom. The van der Waals surface area contributed by atoms with Gasteiger partial charge in [0, 0.05) is 16.7 Å². The molecule has 0 unspecified atom stereocenters. The summed E-state index contributed by atoms with van der Waals surface area (Å²) in [6, 6.07) is 12.1. The first kappa shape index (κ1) is 18.7. The molecule has 0 saturated heterocycles. The molecule has 2 aromatic carbocycles. The third-order valence-corrected chi connectivity index (χ3v) is 5.12. The van der Waals surface area contributed by atoms with Crippen molar-refractivity contribution >= 4 is 27.5 Å². The summed E-state index contributed by atoms with van der Waals surface area (Å²) in [6.45, 7) is 8.78. The number of benzene rings is 2. The lowest BCUT2D eigenvalue weighted by molar-refractivity contribution is -0.120. The number of anilines is 1. The van der Waals surface area contributed by atoms with Crippen LogP contribution in [0.25, 0.3) is 0 Å². The average Bonchev–Trinajstić information content (AvgIpc) is 2.52. The van der Waals surface area contributed by atoms with Crippen LogP contribution in [0.1, 0.15) is 29.2 Å².